The quantitative estimate of drug-likeness (QED) is 0.600. The Morgan fingerprint density at radius 1 is 1.60 bits per heavy atom. The summed E-state index contributed by atoms with van der Waals surface area (Å²) in [5.41, 5.74) is 1.02. The van der Waals surface area contributed by atoms with Crippen LogP contribution >= 0.6 is 0 Å². The summed E-state index contributed by atoms with van der Waals surface area (Å²) in [6.07, 6.45) is 3.76. The second-order valence-electron chi connectivity index (χ2n) is 2.13. The predicted molar refractivity (Wildman–Crippen MR) is 47.0 cm³/mol. The highest BCUT2D eigenvalue weighted by atomic mass is 16.2. The Morgan fingerprint density at radius 3 is 2.00 bits per heavy atom. The molecule has 0 unspecified atom stereocenters. The van der Waals surface area contributed by atoms with Gasteiger partial charge in [-0.05, 0) is 13.3 Å². The number of aliphatic hydroxyl groups is 1. The van der Waals surface area contributed by atoms with Gasteiger partial charge < -0.3 is 5.11 Å². The van der Waals surface area contributed by atoms with Gasteiger partial charge in [0.05, 0.1) is 0 Å². The topological polar surface area (TPSA) is 20.2 Å². The molecule has 0 spiro atoms. The molecule has 60 valence electrons. The molecule has 0 aromatic rings. The molecule has 0 aliphatic carbocycles. The van der Waals surface area contributed by atoms with E-state index >= 15 is 0 Å². The Hall–Kier alpha value is -0.560. The van der Waals surface area contributed by atoms with E-state index in [1.165, 1.54) is 0 Å². The molecule has 0 bridgehead atoms. The fourth-order valence-electron chi connectivity index (χ4n) is 0.158. The molecule has 10 heavy (non-hydrogen) atoms. The van der Waals surface area contributed by atoms with E-state index in [0.717, 1.165) is 18.4 Å². The average Bonchev–Trinajstić information content (AvgIpc) is 1.91. The van der Waals surface area contributed by atoms with Gasteiger partial charge in [-0.1, -0.05) is 38.2 Å². The van der Waals surface area contributed by atoms with Crippen LogP contribution in [0.4, 0.5) is 0 Å². The van der Waals surface area contributed by atoms with Crippen LogP contribution in [0, 0.1) is 0 Å². The first-order valence-electron chi connectivity index (χ1n) is 3.57. The van der Waals surface area contributed by atoms with Crippen LogP contribution in [-0.2, 0) is 0 Å². The number of unbranched alkanes of at least 4 members (excludes halogenated alkanes) is 1. The molecule has 0 fully saturated rings. The second kappa shape index (κ2) is 11.3. The van der Waals surface area contributed by atoms with Crippen molar-refractivity contribution in [1.82, 2.24) is 0 Å². The summed E-state index contributed by atoms with van der Waals surface area (Å²) in [6, 6.07) is 0. The normalized spacial score (nSPS) is 7.50. The van der Waals surface area contributed by atoms with Gasteiger partial charge in [0.15, 0.2) is 0 Å². The number of aliphatic hydroxyl groups excluding tert-OH is 1. The second-order valence-corrected chi connectivity index (χ2v) is 2.13. The smallest absolute Gasteiger partial charge is 0.0430 e. The van der Waals surface area contributed by atoms with Crippen LogP contribution in [-0.4, -0.2) is 11.7 Å². The van der Waals surface area contributed by atoms with E-state index in [2.05, 4.69) is 20.1 Å². The third-order valence-electron chi connectivity index (χ3n) is 0.860. The lowest BCUT2D eigenvalue weighted by Crippen LogP contribution is -1.75. The van der Waals surface area contributed by atoms with Crippen molar-refractivity contribution in [2.75, 3.05) is 6.61 Å². The molecule has 1 N–H and O–H groups in total. The van der Waals surface area contributed by atoms with Crippen molar-refractivity contribution in [2.45, 2.75) is 26.7 Å². The Labute approximate surface area is 64.1 Å². The van der Waals surface area contributed by atoms with Crippen molar-refractivity contribution in [1.29, 1.82) is 0 Å². The van der Waals surface area contributed by atoms with Crippen LogP contribution in [0.15, 0.2) is 24.8 Å². The number of rotatable bonds is 3. The van der Waals surface area contributed by atoms with Crippen molar-refractivity contribution in [3.8, 4) is 0 Å². The van der Waals surface area contributed by atoms with Gasteiger partial charge in [-0.2, -0.15) is 0 Å². The third kappa shape index (κ3) is 26.1. The van der Waals surface area contributed by atoms with Crippen molar-refractivity contribution >= 4 is 0 Å². The molecule has 0 heterocycles. The van der Waals surface area contributed by atoms with Gasteiger partial charge in [0, 0.05) is 6.61 Å². The summed E-state index contributed by atoms with van der Waals surface area (Å²) < 4.78 is 0. The van der Waals surface area contributed by atoms with E-state index in [0.29, 0.717) is 6.61 Å². The highest BCUT2D eigenvalue weighted by Crippen LogP contribution is 1.81. The first-order chi connectivity index (χ1) is 4.68. The van der Waals surface area contributed by atoms with Crippen molar-refractivity contribution < 1.29 is 5.11 Å². The SMILES string of the molecule is C=CC(=C)C.CCCCO. The van der Waals surface area contributed by atoms with E-state index in [9.17, 15) is 0 Å². The maximum absolute atomic E-state index is 8.07. The van der Waals surface area contributed by atoms with E-state index < -0.39 is 0 Å². The zero-order valence-corrected chi connectivity index (χ0v) is 7.06. The molecule has 0 aliphatic rings. The maximum Gasteiger partial charge on any atom is 0.0430 e. The molecule has 0 amide bonds. The lowest BCUT2D eigenvalue weighted by molar-refractivity contribution is 0.287. The lowest BCUT2D eigenvalue weighted by atomic mass is 10.4. The van der Waals surface area contributed by atoms with Crippen molar-refractivity contribution in [3.05, 3.63) is 24.8 Å². The Morgan fingerprint density at radius 2 is 2.00 bits per heavy atom. The fourth-order valence-corrected chi connectivity index (χ4v) is 0.158. The van der Waals surface area contributed by atoms with Gasteiger partial charge in [-0.25, -0.2) is 0 Å². The molecule has 1 heteroatoms. The Bertz CT molecular complexity index is 82.7. The zero-order valence-electron chi connectivity index (χ0n) is 7.06. The summed E-state index contributed by atoms with van der Waals surface area (Å²) in [4.78, 5) is 0. The molecule has 0 saturated carbocycles. The minimum atomic E-state index is 0.344. The van der Waals surface area contributed by atoms with Gasteiger partial charge in [0.2, 0.25) is 0 Å². The maximum atomic E-state index is 8.07. The first kappa shape index (κ1) is 12.1. The van der Waals surface area contributed by atoms with E-state index in [-0.39, 0.29) is 0 Å². The van der Waals surface area contributed by atoms with Crippen LogP contribution in [0.5, 0.6) is 0 Å². The molecule has 0 aromatic carbocycles. The highest BCUT2D eigenvalue weighted by Gasteiger charge is 1.69. The van der Waals surface area contributed by atoms with Crippen LogP contribution in [0.2, 0.25) is 0 Å². The van der Waals surface area contributed by atoms with Gasteiger partial charge >= 0.3 is 0 Å². The fraction of sp³-hybridized carbons (Fsp3) is 0.556. The van der Waals surface area contributed by atoms with E-state index in [1.54, 1.807) is 6.08 Å². The third-order valence-corrected chi connectivity index (χ3v) is 0.860. The first-order valence-corrected chi connectivity index (χ1v) is 3.57. The summed E-state index contributed by atoms with van der Waals surface area (Å²) >= 11 is 0. The number of hydrogen-bond acceptors (Lipinski definition) is 1. The van der Waals surface area contributed by atoms with Crippen LogP contribution in [0.3, 0.4) is 0 Å². The van der Waals surface area contributed by atoms with Crippen LogP contribution in [0.25, 0.3) is 0 Å². The largest absolute Gasteiger partial charge is 0.396 e. The summed E-state index contributed by atoms with van der Waals surface area (Å²) in [5.74, 6) is 0. The van der Waals surface area contributed by atoms with E-state index in [1.807, 2.05) is 6.92 Å². The predicted octanol–water partition coefficient (Wildman–Crippen LogP) is 2.53. The molecule has 1 nitrogen and oxygen atoms in total. The molecule has 0 aromatic heterocycles. The minimum Gasteiger partial charge on any atom is -0.396 e. The number of allylic oxidation sites excluding steroid dienone is 2. The Kier molecular flexibility index (Phi) is 13.7. The van der Waals surface area contributed by atoms with E-state index in [4.69, 9.17) is 5.11 Å². The van der Waals surface area contributed by atoms with Crippen LogP contribution < -0.4 is 0 Å². The molecular formula is C9H18O. The lowest BCUT2D eigenvalue weighted by Gasteiger charge is -1.79. The molecule has 0 rings (SSSR count). The van der Waals surface area contributed by atoms with Crippen LogP contribution in [0.1, 0.15) is 26.7 Å². The highest BCUT2D eigenvalue weighted by molar-refractivity contribution is 5.05. The minimum absolute atomic E-state index is 0.344. The molecule has 0 atom stereocenters. The van der Waals surface area contributed by atoms with Gasteiger partial charge in [0.25, 0.3) is 0 Å². The average molecular weight is 142 g/mol. The summed E-state index contributed by atoms with van der Waals surface area (Å²) in [7, 11) is 0. The summed E-state index contributed by atoms with van der Waals surface area (Å²) in [5, 5.41) is 8.07. The standard InChI is InChI=1S/C5H8.C4H10O/c1-4-5(2)3;1-2-3-4-5/h4H,1-2H2,3H3;5H,2-4H2,1H3. The monoisotopic (exact) mass is 142 g/mol. The molecule has 0 aliphatic heterocycles. The van der Waals surface area contributed by atoms with Crippen molar-refractivity contribution in [3.63, 3.8) is 0 Å². The number of hydrogen-bond donors (Lipinski definition) is 1. The molecule has 0 radical (unpaired) electrons. The van der Waals surface area contributed by atoms with Crippen molar-refractivity contribution in [2.24, 2.45) is 0 Å². The zero-order chi connectivity index (χ0) is 8.41. The summed E-state index contributed by atoms with van der Waals surface area (Å²) in [6.45, 7) is 11.3. The van der Waals surface area contributed by atoms with Gasteiger partial charge in [-0.15, -0.1) is 0 Å². The molecule has 0 saturated heterocycles. The molecular weight excluding hydrogens is 124 g/mol. The van der Waals surface area contributed by atoms with Gasteiger partial charge in [0.1, 0.15) is 0 Å². The Balaban J connectivity index is 0. The van der Waals surface area contributed by atoms with Gasteiger partial charge in [-0.3, -0.25) is 0 Å².